The second-order valence-electron chi connectivity index (χ2n) is 4.68. The number of unbranched alkanes of at least 4 members (excludes halogenated alkanes) is 1. The normalized spacial score (nSPS) is 26.7. The summed E-state index contributed by atoms with van der Waals surface area (Å²) in [6.45, 7) is 3.86. The first-order valence-electron chi connectivity index (χ1n) is 6.46. The zero-order chi connectivity index (χ0) is 14.4. The molecule has 0 saturated carbocycles. The van der Waals surface area contributed by atoms with E-state index >= 15 is 0 Å². The van der Waals surface area contributed by atoms with E-state index in [1.54, 1.807) is 0 Å². The van der Waals surface area contributed by atoms with E-state index in [1.807, 2.05) is 6.92 Å². The first-order chi connectivity index (χ1) is 8.95. The quantitative estimate of drug-likeness (QED) is 0.610. The van der Waals surface area contributed by atoms with E-state index in [4.69, 9.17) is 9.84 Å². The predicted molar refractivity (Wildman–Crippen MR) is 68.6 cm³/mol. The van der Waals surface area contributed by atoms with Gasteiger partial charge in [0.05, 0.1) is 18.2 Å². The highest BCUT2D eigenvalue weighted by molar-refractivity contribution is 5.87. The van der Waals surface area contributed by atoms with Crippen molar-refractivity contribution in [3.8, 4) is 0 Å². The monoisotopic (exact) mass is 271 g/mol. The fourth-order valence-corrected chi connectivity index (χ4v) is 2.05. The van der Waals surface area contributed by atoms with Crippen LogP contribution in [0.25, 0.3) is 0 Å². The molecule has 0 bridgehead atoms. The molecule has 0 heterocycles. The van der Waals surface area contributed by atoms with E-state index in [1.165, 1.54) is 13.0 Å². The third-order valence-electron chi connectivity index (χ3n) is 3.04. The van der Waals surface area contributed by atoms with Crippen molar-refractivity contribution in [3.05, 3.63) is 11.6 Å². The Morgan fingerprint density at radius 1 is 1.53 bits per heavy atom. The topological polar surface area (TPSA) is 95.9 Å². The van der Waals surface area contributed by atoms with Crippen LogP contribution in [-0.2, 0) is 14.3 Å². The zero-order valence-electron chi connectivity index (χ0n) is 11.3. The molecular formula is C13H21NO5. The van der Waals surface area contributed by atoms with Gasteiger partial charge in [-0.3, -0.25) is 4.79 Å². The molecule has 0 aromatic carbocycles. The minimum Gasteiger partial charge on any atom is -0.478 e. The van der Waals surface area contributed by atoms with Crippen LogP contribution in [0.5, 0.6) is 0 Å². The number of carbonyl (C=O) groups is 2. The lowest BCUT2D eigenvalue weighted by atomic mass is 9.90. The lowest BCUT2D eigenvalue weighted by Gasteiger charge is -2.34. The number of aliphatic carboxylic acids is 1. The molecule has 0 spiro atoms. The number of amides is 1. The summed E-state index contributed by atoms with van der Waals surface area (Å²) in [5.41, 5.74) is 0.121. The number of nitrogens with one attached hydrogen (secondary N) is 1. The highest BCUT2D eigenvalue weighted by Gasteiger charge is 2.35. The smallest absolute Gasteiger partial charge is 0.331 e. The molecule has 1 amide bonds. The highest BCUT2D eigenvalue weighted by Crippen LogP contribution is 2.22. The van der Waals surface area contributed by atoms with Crippen LogP contribution in [-0.4, -0.2) is 46.9 Å². The molecular weight excluding hydrogens is 250 g/mol. The fraction of sp³-hybridized carbons (Fsp3) is 0.692. The van der Waals surface area contributed by atoms with Gasteiger partial charge in [0.25, 0.3) is 0 Å². The maximum absolute atomic E-state index is 11.1. The number of ether oxygens (including phenoxy) is 1. The minimum atomic E-state index is -1.07. The Hall–Kier alpha value is -1.40. The highest BCUT2D eigenvalue weighted by atomic mass is 16.5. The molecule has 0 radical (unpaired) electrons. The van der Waals surface area contributed by atoms with Crippen molar-refractivity contribution in [2.24, 2.45) is 0 Å². The Bertz CT molecular complexity index is 366. The van der Waals surface area contributed by atoms with Crippen LogP contribution in [0, 0.1) is 0 Å². The molecule has 3 atom stereocenters. The summed E-state index contributed by atoms with van der Waals surface area (Å²) in [5.74, 6) is -1.34. The van der Waals surface area contributed by atoms with Crippen molar-refractivity contribution in [2.75, 3.05) is 6.61 Å². The van der Waals surface area contributed by atoms with Crippen LogP contribution in [0.15, 0.2) is 11.6 Å². The number of hydrogen-bond acceptors (Lipinski definition) is 4. The third kappa shape index (κ3) is 4.65. The number of carboxylic acids is 1. The van der Waals surface area contributed by atoms with Gasteiger partial charge in [0.15, 0.2) is 0 Å². The lowest BCUT2D eigenvalue weighted by molar-refractivity contribution is -0.133. The molecule has 1 rings (SSSR count). The minimum absolute atomic E-state index is 0.121. The van der Waals surface area contributed by atoms with Crippen LogP contribution >= 0.6 is 0 Å². The van der Waals surface area contributed by atoms with Gasteiger partial charge in [0, 0.05) is 25.5 Å². The molecule has 0 aromatic heterocycles. The summed E-state index contributed by atoms with van der Waals surface area (Å²) < 4.78 is 5.61. The van der Waals surface area contributed by atoms with Crippen LogP contribution in [0.2, 0.25) is 0 Å². The van der Waals surface area contributed by atoms with E-state index in [2.05, 4.69) is 5.32 Å². The van der Waals surface area contributed by atoms with E-state index in [0.29, 0.717) is 6.61 Å². The van der Waals surface area contributed by atoms with E-state index in [-0.39, 0.29) is 17.9 Å². The van der Waals surface area contributed by atoms with Crippen molar-refractivity contribution >= 4 is 11.9 Å². The average Bonchev–Trinajstić information content (AvgIpc) is 2.32. The van der Waals surface area contributed by atoms with Crippen molar-refractivity contribution in [1.82, 2.24) is 5.32 Å². The van der Waals surface area contributed by atoms with E-state index < -0.39 is 24.2 Å². The van der Waals surface area contributed by atoms with Crippen molar-refractivity contribution < 1.29 is 24.5 Å². The number of rotatable bonds is 6. The van der Waals surface area contributed by atoms with Crippen molar-refractivity contribution in [2.45, 2.75) is 51.4 Å². The molecule has 0 aliphatic heterocycles. The standard InChI is InChI=1S/C13H21NO5/c1-3-4-5-19-11-7-9(13(17)18)6-10(16)12(11)14-8(2)15/h6,10-12,16H,3-5,7H2,1-2H3,(H,14,15)(H,17,18)/t10-,11+,12+/m0/s1. The van der Waals surface area contributed by atoms with Crippen LogP contribution in [0.3, 0.4) is 0 Å². The summed E-state index contributed by atoms with van der Waals surface area (Å²) >= 11 is 0. The molecule has 0 unspecified atom stereocenters. The Kier molecular flexibility index (Phi) is 5.98. The lowest BCUT2D eigenvalue weighted by Crippen LogP contribution is -2.53. The summed E-state index contributed by atoms with van der Waals surface area (Å²) in [6.07, 6.45) is 1.70. The van der Waals surface area contributed by atoms with Gasteiger partial charge in [-0.05, 0) is 12.5 Å². The zero-order valence-corrected chi connectivity index (χ0v) is 11.3. The van der Waals surface area contributed by atoms with Gasteiger partial charge in [-0.1, -0.05) is 13.3 Å². The third-order valence-corrected chi connectivity index (χ3v) is 3.04. The molecule has 108 valence electrons. The molecule has 6 heteroatoms. The molecule has 0 aromatic rings. The van der Waals surface area contributed by atoms with Gasteiger partial charge in [0.2, 0.25) is 5.91 Å². The van der Waals surface area contributed by atoms with Gasteiger partial charge in [0.1, 0.15) is 0 Å². The summed E-state index contributed by atoms with van der Waals surface area (Å²) in [5, 5.41) is 21.5. The Balaban J connectivity index is 2.78. The predicted octanol–water partition coefficient (Wildman–Crippen LogP) is 0.452. The number of aliphatic hydroxyl groups is 1. The number of carboxylic acid groups (broad SMARTS) is 1. The van der Waals surface area contributed by atoms with Gasteiger partial charge >= 0.3 is 5.97 Å². The van der Waals surface area contributed by atoms with Gasteiger partial charge in [-0.25, -0.2) is 4.79 Å². The molecule has 19 heavy (non-hydrogen) atoms. The summed E-state index contributed by atoms with van der Waals surface area (Å²) in [6, 6.07) is -0.600. The molecule has 1 aliphatic rings. The Labute approximate surface area is 112 Å². The van der Waals surface area contributed by atoms with Crippen molar-refractivity contribution in [3.63, 3.8) is 0 Å². The van der Waals surface area contributed by atoms with Crippen LogP contribution in [0.4, 0.5) is 0 Å². The van der Waals surface area contributed by atoms with Gasteiger partial charge < -0.3 is 20.3 Å². The molecule has 0 saturated heterocycles. The Morgan fingerprint density at radius 2 is 2.21 bits per heavy atom. The van der Waals surface area contributed by atoms with E-state index in [9.17, 15) is 14.7 Å². The van der Waals surface area contributed by atoms with E-state index in [0.717, 1.165) is 12.8 Å². The van der Waals surface area contributed by atoms with Gasteiger partial charge in [-0.15, -0.1) is 0 Å². The molecule has 0 fully saturated rings. The molecule has 6 nitrogen and oxygen atoms in total. The summed E-state index contributed by atoms with van der Waals surface area (Å²) in [7, 11) is 0. The Morgan fingerprint density at radius 3 is 2.74 bits per heavy atom. The number of hydrogen-bond donors (Lipinski definition) is 3. The number of aliphatic hydroxyl groups excluding tert-OH is 1. The summed E-state index contributed by atoms with van der Waals surface area (Å²) in [4.78, 5) is 22.1. The SMILES string of the molecule is CCCCO[C@@H]1CC(C(=O)O)=C[C@H](O)[C@H]1NC(C)=O. The maximum Gasteiger partial charge on any atom is 0.331 e. The fourth-order valence-electron chi connectivity index (χ4n) is 2.05. The van der Waals surface area contributed by atoms with Gasteiger partial charge in [-0.2, -0.15) is 0 Å². The second kappa shape index (κ2) is 7.25. The largest absolute Gasteiger partial charge is 0.478 e. The van der Waals surface area contributed by atoms with Crippen LogP contribution in [0.1, 0.15) is 33.1 Å². The first-order valence-corrected chi connectivity index (χ1v) is 6.46. The first kappa shape index (κ1) is 15.7. The number of carbonyl (C=O) groups excluding carboxylic acids is 1. The maximum atomic E-state index is 11.1. The molecule has 3 N–H and O–H groups in total. The van der Waals surface area contributed by atoms with Crippen molar-refractivity contribution in [1.29, 1.82) is 0 Å². The van der Waals surface area contributed by atoms with Crippen LogP contribution < -0.4 is 5.32 Å². The second-order valence-corrected chi connectivity index (χ2v) is 4.68. The molecule has 1 aliphatic carbocycles. The average molecular weight is 271 g/mol.